The number of hydrogen-bond acceptors (Lipinski definition) is 3. The van der Waals surface area contributed by atoms with Crippen LogP contribution in [-0.2, 0) is 0 Å². The fraction of sp³-hybridized carbons (Fsp3) is 0.571. The molecule has 17 heavy (non-hydrogen) atoms. The highest BCUT2D eigenvalue weighted by Gasteiger charge is 2.24. The van der Waals surface area contributed by atoms with E-state index in [1.807, 2.05) is 13.8 Å². The van der Waals surface area contributed by atoms with Gasteiger partial charge in [0.05, 0.1) is 17.0 Å². The Hall–Kier alpha value is -1.22. The van der Waals surface area contributed by atoms with Crippen molar-refractivity contribution in [3.63, 3.8) is 0 Å². The van der Waals surface area contributed by atoms with Crippen LogP contribution in [0.2, 0.25) is 0 Å². The number of para-hydroxylation sites is 2. The van der Waals surface area contributed by atoms with Gasteiger partial charge in [0.25, 0.3) is 0 Å². The van der Waals surface area contributed by atoms with Crippen molar-refractivity contribution in [3.8, 4) is 0 Å². The zero-order valence-electron chi connectivity index (χ0n) is 10.9. The molecule has 94 valence electrons. The van der Waals surface area contributed by atoms with Gasteiger partial charge in [0.15, 0.2) is 0 Å². The van der Waals surface area contributed by atoms with Gasteiger partial charge in [-0.1, -0.05) is 12.1 Å². The quantitative estimate of drug-likeness (QED) is 0.843. The maximum atomic E-state index is 9.84. The number of nitrogens with one attached hydrogen (secondary N) is 1. The second-order valence-corrected chi connectivity index (χ2v) is 5.50. The lowest BCUT2D eigenvalue weighted by atomic mass is 10.0. The second-order valence-electron chi connectivity index (χ2n) is 5.50. The predicted molar refractivity (Wildman–Crippen MR) is 72.7 cm³/mol. The first-order valence-electron chi connectivity index (χ1n) is 6.29. The van der Waals surface area contributed by atoms with Crippen LogP contribution in [0.1, 0.15) is 27.2 Å². The van der Waals surface area contributed by atoms with Crippen molar-refractivity contribution < 1.29 is 5.11 Å². The van der Waals surface area contributed by atoms with E-state index in [1.165, 1.54) is 11.4 Å². The topological polar surface area (TPSA) is 35.5 Å². The standard InChI is InChI=1S/C14H22N2O/c1-11-10-15-12-6-4-5-7-13(12)16(11)9-8-14(2,3)17/h4-7,11,15,17H,8-10H2,1-3H3. The number of fused-ring (bicyclic) bond motifs is 1. The third-order valence-electron chi connectivity index (χ3n) is 3.30. The average molecular weight is 234 g/mol. The van der Waals surface area contributed by atoms with Gasteiger partial charge in [0.1, 0.15) is 0 Å². The van der Waals surface area contributed by atoms with Crippen molar-refractivity contribution in [1.82, 2.24) is 0 Å². The fourth-order valence-corrected chi connectivity index (χ4v) is 2.21. The van der Waals surface area contributed by atoms with E-state index < -0.39 is 5.60 Å². The second kappa shape index (κ2) is 4.57. The molecular formula is C14H22N2O. The third-order valence-corrected chi connectivity index (χ3v) is 3.30. The minimum Gasteiger partial charge on any atom is -0.390 e. The van der Waals surface area contributed by atoms with Crippen LogP contribution in [-0.4, -0.2) is 29.8 Å². The zero-order valence-corrected chi connectivity index (χ0v) is 10.9. The van der Waals surface area contributed by atoms with Crippen LogP contribution in [0.3, 0.4) is 0 Å². The van der Waals surface area contributed by atoms with Gasteiger partial charge in [-0.05, 0) is 39.3 Å². The lowest BCUT2D eigenvalue weighted by Crippen LogP contribution is -2.44. The summed E-state index contributed by atoms with van der Waals surface area (Å²) in [5.74, 6) is 0. The highest BCUT2D eigenvalue weighted by molar-refractivity contribution is 5.72. The lowest BCUT2D eigenvalue weighted by molar-refractivity contribution is 0.0727. The van der Waals surface area contributed by atoms with Crippen LogP contribution >= 0.6 is 0 Å². The Morgan fingerprint density at radius 2 is 2.12 bits per heavy atom. The molecule has 3 heteroatoms. The largest absolute Gasteiger partial charge is 0.390 e. The molecule has 1 atom stereocenters. The molecule has 0 bridgehead atoms. The van der Waals surface area contributed by atoms with E-state index in [0.717, 1.165) is 19.5 Å². The summed E-state index contributed by atoms with van der Waals surface area (Å²) in [6, 6.07) is 8.83. The summed E-state index contributed by atoms with van der Waals surface area (Å²) >= 11 is 0. The maximum absolute atomic E-state index is 9.84. The highest BCUT2D eigenvalue weighted by atomic mass is 16.3. The molecular weight excluding hydrogens is 212 g/mol. The Kier molecular flexibility index (Phi) is 3.29. The highest BCUT2D eigenvalue weighted by Crippen LogP contribution is 2.31. The van der Waals surface area contributed by atoms with Gasteiger partial charge in [0.2, 0.25) is 0 Å². The molecule has 1 aromatic carbocycles. The smallest absolute Gasteiger partial charge is 0.0608 e. The molecule has 0 saturated carbocycles. The van der Waals surface area contributed by atoms with Crippen LogP contribution in [0.5, 0.6) is 0 Å². The Morgan fingerprint density at radius 1 is 1.41 bits per heavy atom. The van der Waals surface area contributed by atoms with E-state index in [1.54, 1.807) is 0 Å². The number of rotatable bonds is 3. The third kappa shape index (κ3) is 2.91. The predicted octanol–water partition coefficient (Wildman–Crippen LogP) is 2.47. The Balaban J connectivity index is 2.15. The van der Waals surface area contributed by atoms with Crippen LogP contribution < -0.4 is 10.2 Å². The van der Waals surface area contributed by atoms with E-state index in [2.05, 4.69) is 41.4 Å². The first kappa shape index (κ1) is 12.2. The molecule has 2 N–H and O–H groups in total. The van der Waals surface area contributed by atoms with Crippen LogP contribution in [0, 0.1) is 0 Å². The van der Waals surface area contributed by atoms with Crippen LogP contribution in [0.25, 0.3) is 0 Å². The van der Waals surface area contributed by atoms with Crippen molar-refractivity contribution in [1.29, 1.82) is 0 Å². The summed E-state index contributed by atoms with van der Waals surface area (Å²) in [4.78, 5) is 2.38. The van der Waals surface area contributed by atoms with Gasteiger partial charge < -0.3 is 15.3 Å². The summed E-state index contributed by atoms with van der Waals surface area (Å²) < 4.78 is 0. The van der Waals surface area contributed by atoms with Gasteiger partial charge in [-0.2, -0.15) is 0 Å². The van der Waals surface area contributed by atoms with Crippen molar-refractivity contribution >= 4 is 11.4 Å². The minimum absolute atomic E-state index is 0.465. The molecule has 0 aliphatic carbocycles. The Morgan fingerprint density at radius 3 is 2.82 bits per heavy atom. The summed E-state index contributed by atoms with van der Waals surface area (Å²) in [5.41, 5.74) is 1.84. The molecule has 2 rings (SSSR count). The van der Waals surface area contributed by atoms with Crippen molar-refractivity contribution in [2.45, 2.75) is 38.8 Å². The van der Waals surface area contributed by atoms with Gasteiger partial charge in [0, 0.05) is 19.1 Å². The molecule has 0 amide bonds. The zero-order chi connectivity index (χ0) is 12.5. The van der Waals surface area contributed by atoms with Crippen LogP contribution in [0.4, 0.5) is 11.4 Å². The van der Waals surface area contributed by atoms with Crippen LogP contribution in [0.15, 0.2) is 24.3 Å². The van der Waals surface area contributed by atoms with Gasteiger partial charge in [-0.3, -0.25) is 0 Å². The monoisotopic (exact) mass is 234 g/mol. The first-order valence-corrected chi connectivity index (χ1v) is 6.29. The van der Waals surface area contributed by atoms with E-state index in [4.69, 9.17) is 0 Å². The van der Waals surface area contributed by atoms with Crippen molar-refractivity contribution in [2.24, 2.45) is 0 Å². The summed E-state index contributed by atoms with van der Waals surface area (Å²) in [6.07, 6.45) is 0.783. The van der Waals surface area contributed by atoms with E-state index in [0.29, 0.717) is 6.04 Å². The molecule has 1 aliphatic rings. The summed E-state index contributed by atoms with van der Waals surface area (Å²) in [7, 11) is 0. The Bertz CT molecular complexity index is 384. The van der Waals surface area contributed by atoms with Crippen molar-refractivity contribution in [2.75, 3.05) is 23.3 Å². The van der Waals surface area contributed by atoms with Gasteiger partial charge in [-0.15, -0.1) is 0 Å². The number of benzene rings is 1. The van der Waals surface area contributed by atoms with Gasteiger partial charge in [-0.25, -0.2) is 0 Å². The normalized spacial score (nSPS) is 19.8. The number of nitrogens with zero attached hydrogens (tertiary/aromatic N) is 1. The molecule has 0 fully saturated rings. The summed E-state index contributed by atoms with van der Waals surface area (Å²) in [5, 5.41) is 13.3. The SMILES string of the molecule is CC1CNc2ccccc2N1CCC(C)(C)O. The molecule has 1 aliphatic heterocycles. The first-order chi connectivity index (χ1) is 7.97. The van der Waals surface area contributed by atoms with E-state index >= 15 is 0 Å². The fourth-order valence-electron chi connectivity index (χ4n) is 2.21. The molecule has 1 heterocycles. The molecule has 0 spiro atoms. The molecule has 1 unspecified atom stereocenters. The number of hydrogen-bond donors (Lipinski definition) is 2. The molecule has 0 aromatic heterocycles. The number of anilines is 2. The molecule has 0 saturated heterocycles. The van der Waals surface area contributed by atoms with Crippen molar-refractivity contribution in [3.05, 3.63) is 24.3 Å². The van der Waals surface area contributed by atoms with E-state index in [9.17, 15) is 5.11 Å². The maximum Gasteiger partial charge on any atom is 0.0608 e. The average Bonchev–Trinajstić information content (AvgIpc) is 2.26. The molecule has 3 nitrogen and oxygen atoms in total. The Labute approximate surface area is 103 Å². The number of aliphatic hydroxyl groups is 1. The summed E-state index contributed by atoms with van der Waals surface area (Å²) in [6.45, 7) is 7.80. The minimum atomic E-state index is -0.598. The lowest BCUT2D eigenvalue weighted by Gasteiger charge is -2.38. The van der Waals surface area contributed by atoms with E-state index in [-0.39, 0.29) is 0 Å². The van der Waals surface area contributed by atoms with Gasteiger partial charge >= 0.3 is 0 Å². The molecule has 1 aromatic rings. The molecule has 0 radical (unpaired) electrons.